The van der Waals surface area contributed by atoms with E-state index in [4.69, 9.17) is 16.6 Å². The number of fused-ring (bicyclic) bond motifs is 3. The van der Waals surface area contributed by atoms with Crippen LogP contribution in [0.25, 0.3) is 15.9 Å². The minimum absolute atomic E-state index is 0.00446. The Morgan fingerprint density at radius 1 is 1.33 bits per heavy atom. The molecule has 7 heteroatoms. The van der Waals surface area contributed by atoms with Gasteiger partial charge < -0.3 is 10.2 Å². The Balaban J connectivity index is 1.97. The first-order chi connectivity index (χ1) is 13.0. The van der Waals surface area contributed by atoms with Crippen LogP contribution in [-0.4, -0.2) is 34.1 Å². The van der Waals surface area contributed by atoms with Crippen LogP contribution in [0.1, 0.15) is 30.7 Å². The molecule has 0 bridgehead atoms. The Kier molecular flexibility index (Phi) is 4.97. The van der Waals surface area contributed by atoms with Crippen molar-refractivity contribution in [3.63, 3.8) is 0 Å². The Hall–Kier alpha value is -1.89. The van der Waals surface area contributed by atoms with Crippen molar-refractivity contribution in [2.24, 2.45) is 0 Å². The van der Waals surface area contributed by atoms with Gasteiger partial charge in [-0.05, 0) is 56.6 Å². The summed E-state index contributed by atoms with van der Waals surface area (Å²) in [4.78, 5) is 22.8. The quantitative estimate of drug-likeness (QED) is 0.706. The normalized spacial score (nSPS) is 15.7. The molecule has 5 nitrogen and oxygen atoms in total. The van der Waals surface area contributed by atoms with E-state index in [1.807, 2.05) is 12.1 Å². The average Bonchev–Trinajstić information content (AvgIpc) is 3.00. The predicted octanol–water partition coefficient (Wildman–Crippen LogP) is 4.30. The Morgan fingerprint density at radius 2 is 2.07 bits per heavy atom. The summed E-state index contributed by atoms with van der Waals surface area (Å²) in [5.74, 6) is 0.594. The molecule has 0 spiro atoms. The molecule has 0 amide bonds. The van der Waals surface area contributed by atoms with E-state index >= 15 is 0 Å². The van der Waals surface area contributed by atoms with E-state index in [9.17, 15) is 4.79 Å². The molecular formula is C20H23ClN4OS. The van der Waals surface area contributed by atoms with Crippen LogP contribution < -0.4 is 10.9 Å². The van der Waals surface area contributed by atoms with Crippen molar-refractivity contribution in [1.29, 1.82) is 0 Å². The molecule has 0 unspecified atom stereocenters. The van der Waals surface area contributed by atoms with Crippen LogP contribution >= 0.6 is 22.9 Å². The summed E-state index contributed by atoms with van der Waals surface area (Å²) in [5.41, 5.74) is 1.94. The number of nitrogens with one attached hydrogen (secondary N) is 1. The highest BCUT2D eigenvalue weighted by molar-refractivity contribution is 7.18. The summed E-state index contributed by atoms with van der Waals surface area (Å²) in [6, 6.07) is 7.56. The Bertz CT molecular complexity index is 1040. The molecule has 2 aromatic heterocycles. The van der Waals surface area contributed by atoms with Crippen LogP contribution in [0.2, 0.25) is 5.02 Å². The lowest BCUT2D eigenvalue weighted by molar-refractivity contribution is 0.318. The van der Waals surface area contributed by atoms with Gasteiger partial charge in [-0.2, -0.15) is 0 Å². The number of hydrogen-bond acceptors (Lipinski definition) is 5. The first kappa shape index (κ1) is 18.5. The molecule has 4 rings (SSSR count). The molecule has 3 aromatic rings. The molecule has 0 fully saturated rings. The molecular weight excluding hydrogens is 380 g/mol. The van der Waals surface area contributed by atoms with Crippen molar-refractivity contribution in [2.45, 2.75) is 39.3 Å². The maximum Gasteiger partial charge on any atom is 0.268 e. The van der Waals surface area contributed by atoms with Gasteiger partial charge in [-0.3, -0.25) is 4.79 Å². The lowest BCUT2D eigenvalue weighted by atomic mass is 10.1. The molecule has 27 heavy (non-hydrogen) atoms. The number of thiophene rings is 1. The molecule has 0 saturated heterocycles. The van der Waals surface area contributed by atoms with Gasteiger partial charge in [0.15, 0.2) is 0 Å². The molecule has 1 aliphatic rings. The van der Waals surface area contributed by atoms with E-state index in [-0.39, 0.29) is 11.6 Å². The molecule has 1 aliphatic heterocycles. The maximum absolute atomic E-state index is 13.6. The molecule has 0 radical (unpaired) electrons. The van der Waals surface area contributed by atoms with Gasteiger partial charge in [0.2, 0.25) is 5.95 Å². The molecule has 3 heterocycles. The predicted molar refractivity (Wildman–Crippen MR) is 114 cm³/mol. The topological polar surface area (TPSA) is 50.2 Å². The fourth-order valence-corrected chi connectivity index (χ4v) is 4.84. The summed E-state index contributed by atoms with van der Waals surface area (Å²) in [6.45, 7) is 6.05. The van der Waals surface area contributed by atoms with Crippen molar-refractivity contribution in [3.8, 4) is 5.69 Å². The van der Waals surface area contributed by atoms with E-state index < -0.39 is 0 Å². The van der Waals surface area contributed by atoms with Crippen molar-refractivity contribution < 1.29 is 0 Å². The molecule has 1 N–H and O–H groups in total. The van der Waals surface area contributed by atoms with Gasteiger partial charge in [0.25, 0.3) is 5.56 Å². The molecule has 1 aromatic carbocycles. The highest BCUT2D eigenvalue weighted by Crippen LogP contribution is 2.33. The SMILES string of the molecule is CC[C@@H](C)Nc1nc2sc3c(c2c(=O)n1-c1ccc(Cl)cc1)CCN(C)C3. The number of anilines is 1. The van der Waals surface area contributed by atoms with Gasteiger partial charge in [-0.25, -0.2) is 9.55 Å². The first-order valence-electron chi connectivity index (χ1n) is 9.26. The first-order valence-corrected chi connectivity index (χ1v) is 10.5. The summed E-state index contributed by atoms with van der Waals surface area (Å²) in [5, 5.41) is 4.83. The van der Waals surface area contributed by atoms with Crippen molar-refractivity contribution >= 4 is 39.1 Å². The summed E-state index contributed by atoms with van der Waals surface area (Å²) in [6.07, 6.45) is 1.84. The molecule has 0 aliphatic carbocycles. The standard InChI is InChI=1S/C20H23ClN4OS/c1-4-12(2)22-20-23-18-17(15-9-10-24(3)11-16(15)27-18)19(26)25(20)14-7-5-13(21)6-8-14/h5-8,12H,4,9-11H2,1-3H3,(H,22,23)/t12-/m1/s1. The number of rotatable bonds is 4. The summed E-state index contributed by atoms with van der Waals surface area (Å²) >= 11 is 7.70. The number of benzene rings is 1. The maximum atomic E-state index is 13.6. The lowest BCUT2D eigenvalue weighted by Gasteiger charge is -2.22. The van der Waals surface area contributed by atoms with Crippen LogP contribution in [0.15, 0.2) is 29.1 Å². The number of likely N-dealkylation sites (N-methyl/N-ethyl adjacent to an activating group) is 1. The van der Waals surface area contributed by atoms with Crippen LogP contribution in [0.5, 0.6) is 0 Å². The monoisotopic (exact) mass is 402 g/mol. The van der Waals surface area contributed by atoms with Gasteiger partial charge >= 0.3 is 0 Å². The zero-order valence-electron chi connectivity index (χ0n) is 15.8. The van der Waals surface area contributed by atoms with E-state index in [1.54, 1.807) is 28.0 Å². The minimum atomic E-state index is -0.00446. The Labute approximate surface area is 167 Å². The van der Waals surface area contributed by atoms with Gasteiger partial charge in [0.1, 0.15) is 4.83 Å². The third kappa shape index (κ3) is 3.37. The van der Waals surface area contributed by atoms with Crippen molar-refractivity contribution in [3.05, 3.63) is 50.1 Å². The second-order valence-electron chi connectivity index (χ2n) is 7.18. The fourth-order valence-electron chi connectivity index (χ4n) is 3.42. The number of hydrogen-bond donors (Lipinski definition) is 1. The van der Waals surface area contributed by atoms with Crippen molar-refractivity contribution in [1.82, 2.24) is 14.5 Å². The van der Waals surface area contributed by atoms with Crippen LogP contribution in [0, 0.1) is 0 Å². The van der Waals surface area contributed by atoms with Gasteiger partial charge in [0.05, 0.1) is 11.1 Å². The largest absolute Gasteiger partial charge is 0.353 e. The van der Waals surface area contributed by atoms with Gasteiger partial charge in [-0.15, -0.1) is 11.3 Å². The zero-order valence-corrected chi connectivity index (χ0v) is 17.3. The van der Waals surface area contributed by atoms with Crippen LogP contribution in [0.4, 0.5) is 5.95 Å². The lowest BCUT2D eigenvalue weighted by Crippen LogP contribution is -2.28. The smallest absolute Gasteiger partial charge is 0.268 e. The summed E-state index contributed by atoms with van der Waals surface area (Å²) in [7, 11) is 2.11. The third-order valence-corrected chi connectivity index (χ3v) is 6.50. The second kappa shape index (κ2) is 7.26. The zero-order chi connectivity index (χ0) is 19.1. The fraction of sp³-hybridized carbons (Fsp3) is 0.400. The molecule has 0 saturated carbocycles. The summed E-state index contributed by atoms with van der Waals surface area (Å²) < 4.78 is 1.69. The average molecular weight is 403 g/mol. The van der Waals surface area contributed by atoms with E-state index in [0.717, 1.165) is 41.8 Å². The number of aromatic nitrogens is 2. The molecule has 142 valence electrons. The van der Waals surface area contributed by atoms with Crippen LogP contribution in [0.3, 0.4) is 0 Å². The minimum Gasteiger partial charge on any atom is -0.353 e. The number of nitrogens with zero attached hydrogens (tertiary/aromatic N) is 3. The number of halogens is 1. The Morgan fingerprint density at radius 3 is 2.78 bits per heavy atom. The second-order valence-corrected chi connectivity index (χ2v) is 8.70. The van der Waals surface area contributed by atoms with E-state index in [1.165, 1.54) is 10.4 Å². The van der Waals surface area contributed by atoms with Gasteiger partial charge in [-0.1, -0.05) is 18.5 Å². The van der Waals surface area contributed by atoms with Crippen molar-refractivity contribution in [2.75, 3.05) is 18.9 Å². The highest BCUT2D eigenvalue weighted by Gasteiger charge is 2.24. The molecule has 1 atom stereocenters. The highest BCUT2D eigenvalue weighted by atomic mass is 35.5. The van der Waals surface area contributed by atoms with E-state index in [0.29, 0.717) is 11.0 Å². The van der Waals surface area contributed by atoms with Crippen LogP contribution in [-0.2, 0) is 13.0 Å². The van der Waals surface area contributed by atoms with E-state index in [2.05, 4.69) is 31.1 Å². The van der Waals surface area contributed by atoms with Gasteiger partial charge in [0, 0.05) is 29.0 Å². The third-order valence-electron chi connectivity index (χ3n) is 5.14.